The van der Waals surface area contributed by atoms with Crippen LogP contribution in [0, 0.1) is 17.6 Å². The van der Waals surface area contributed by atoms with Gasteiger partial charge in [0.1, 0.15) is 11.6 Å². The lowest BCUT2D eigenvalue weighted by Gasteiger charge is -2.14. The second kappa shape index (κ2) is 7.19. The van der Waals surface area contributed by atoms with Crippen LogP contribution >= 0.6 is 27.5 Å². The molecule has 0 saturated carbocycles. The summed E-state index contributed by atoms with van der Waals surface area (Å²) in [6, 6.07) is 11.4. The zero-order valence-corrected chi connectivity index (χ0v) is 13.1. The van der Waals surface area contributed by atoms with Crippen molar-refractivity contribution < 1.29 is 8.78 Å². The van der Waals surface area contributed by atoms with Gasteiger partial charge in [-0.15, -0.1) is 0 Å². The lowest BCUT2D eigenvalue weighted by molar-refractivity contribution is 0.576. The Labute approximate surface area is 130 Å². The first-order valence-electron chi connectivity index (χ1n) is 6.33. The van der Waals surface area contributed by atoms with Gasteiger partial charge < -0.3 is 0 Å². The molecule has 0 bridgehead atoms. The van der Waals surface area contributed by atoms with Crippen LogP contribution in [0.5, 0.6) is 0 Å². The third-order valence-electron chi connectivity index (χ3n) is 3.14. The SMILES string of the molecule is Fc1cccc(CC(CBr)Cc2ccc(Cl)c(F)c2)c1. The summed E-state index contributed by atoms with van der Waals surface area (Å²) in [5.74, 6) is -0.353. The fourth-order valence-electron chi connectivity index (χ4n) is 2.18. The Kier molecular flexibility index (Phi) is 5.55. The Bertz CT molecular complexity index is 586. The van der Waals surface area contributed by atoms with Crippen LogP contribution in [0.4, 0.5) is 8.78 Å². The van der Waals surface area contributed by atoms with Crippen LogP contribution in [0.2, 0.25) is 5.02 Å². The van der Waals surface area contributed by atoms with Gasteiger partial charge in [0, 0.05) is 5.33 Å². The average molecular weight is 360 g/mol. The van der Waals surface area contributed by atoms with Crippen molar-refractivity contribution in [2.45, 2.75) is 12.8 Å². The smallest absolute Gasteiger partial charge is 0.142 e. The molecule has 0 aliphatic carbocycles. The van der Waals surface area contributed by atoms with Crippen LogP contribution in [0.1, 0.15) is 11.1 Å². The molecule has 0 aliphatic heterocycles. The quantitative estimate of drug-likeness (QED) is 0.626. The van der Waals surface area contributed by atoms with Crippen LogP contribution in [0.25, 0.3) is 0 Å². The minimum atomic E-state index is -0.400. The average Bonchev–Trinajstić information content (AvgIpc) is 2.42. The summed E-state index contributed by atoms with van der Waals surface area (Å²) < 4.78 is 26.6. The molecule has 0 nitrogen and oxygen atoms in total. The molecule has 2 rings (SSSR count). The van der Waals surface area contributed by atoms with Gasteiger partial charge in [-0.1, -0.05) is 45.7 Å². The van der Waals surface area contributed by atoms with Crippen molar-refractivity contribution in [3.05, 3.63) is 70.2 Å². The van der Waals surface area contributed by atoms with Gasteiger partial charge in [0.25, 0.3) is 0 Å². The highest BCUT2D eigenvalue weighted by atomic mass is 79.9. The molecular weight excluding hydrogens is 346 g/mol. The summed E-state index contributed by atoms with van der Waals surface area (Å²) in [6.45, 7) is 0. The Morgan fingerprint density at radius 3 is 2.30 bits per heavy atom. The van der Waals surface area contributed by atoms with Crippen LogP contribution in [-0.4, -0.2) is 5.33 Å². The van der Waals surface area contributed by atoms with Crippen molar-refractivity contribution in [2.75, 3.05) is 5.33 Å². The molecule has 2 aromatic rings. The number of halogens is 4. The Hall–Kier alpha value is -0.930. The van der Waals surface area contributed by atoms with Gasteiger partial charge >= 0.3 is 0 Å². The van der Waals surface area contributed by atoms with E-state index < -0.39 is 5.82 Å². The molecule has 0 heterocycles. The number of hydrogen-bond donors (Lipinski definition) is 0. The molecule has 0 N–H and O–H groups in total. The third kappa shape index (κ3) is 4.29. The Morgan fingerprint density at radius 1 is 1.00 bits per heavy atom. The molecule has 106 valence electrons. The van der Waals surface area contributed by atoms with Gasteiger partial charge in [-0.05, 0) is 54.2 Å². The molecule has 1 atom stereocenters. The highest BCUT2D eigenvalue weighted by Crippen LogP contribution is 2.21. The van der Waals surface area contributed by atoms with Gasteiger partial charge in [0.2, 0.25) is 0 Å². The van der Waals surface area contributed by atoms with E-state index >= 15 is 0 Å². The van der Waals surface area contributed by atoms with E-state index in [4.69, 9.17) is 11.6 Å². The van der Waals surface area contributed by atoms with E-state index in [2.05, 4.69) is 15.9 Å². The van der Waals surface area contributed by atoms with Gasteiger partial charge in [-0.25, -0.2) is 8.78 Å². The minimum absolute atomic E-state index is 0.134. The van der Waals surface area contributed by atoms with Crippen LogP contribution in [0.3, 0.4) is 0 Å². The van der Waals surface area contributed by atoms with Crippen molar-refractivity contribution >= 4 is 27.5 Å². The van der Waals surface area contributed by atoms with Gasteiger partial charge in [-0.2, -0.15) is 0 Å². The second-order valence-corrected chi connectivity index (χ2v) is 5.86. The van der Waals surface area contributed by atoms with E-state index in [1.807, 2.05) is 12.1 Å². The van der Waals surface area contributed by atoms with Crippen molar-refractivity contribution in [1.29, 1.82) is 0 Å². The van der Waals surface area contributed by atoms with Gasteiger partial charge in [0.15, 0.2) is 0 Å². The molecule has 0 saturated heterocycles. The third-order valence-corrected chi connectivity index (χ3v) is 4.36. The maximum Gasteiger partial charge on any atom is 0.142 e. The normalized spacial score (nSPS) is 12.4. The molecule has 4 heteroatoms. The molecule has 0 aliphatic rings. The molecule has 0 radical (unpaired) electrons. The van der Waals surface area contributed by atoms with Crippen molar-refractivity contribution in [1.82, 2.24) is 0 Å². The van der Waals surface area contributed by atoms with E-state index in [0.717, 1.165) is 29.3 Å². The van der Waals surface area contributed by atoms with Crippen LogP contribution in [-0.2, 0) is 12.8 Å². The van der Waals surface area contributed by atoms with Crippen molar-refractivity contribution in [3.8, 4) is 0 Å². The Balaban J connectivity index is 2.07. The molecule has 20 heavy (non-hydrogen) atoms. The van der Waals surface area contributed by atoms with Crippen molar-refractivity contribution in [2.24, 2.45) is 5.92 Å². The van der Waals surface area contributed by atoms with Crippen molar-refractivity contribution in [3.63, 3.8) is 0 Å². The largest absolute Gasteiger partial charge is 0.207 e. The predicted octanol–water partition coefficient (Wildman–Crippen LogP) is 5.41. The van der Waals surface area contributed by atoms with E-state index in [1.54, 1.807) is 12.1 Å². The van der Waals surface area contributed by atoms with E-state index in [9.17, 15) is 8.78 Å². The van der Waals surface area contributed by atoms with Crippen LogP contribution in [0.15, 0.2) is 42.5 Å². The molecule has 0 aromatic heterocycles. The zero-order valence-electron chi connectivity index (χ0n) is 10.8. The summed E-state index contributed by atoms with van der Waals surface area (Å²) >= 11 is 9.14. The zero-order chi connectivity index (χ0) is 14.5. The monoisotopic (exact) mass is 358 g/mol. The number of hydrogen-bond acceptors (Lipinski definition) is 0. The van der Waals surface area contributed by atoms with Gasteiger partial charge in [0.05, 0.1) is 5.02 Å². The van der Waals surface area contributed by atoms with E-state index in [-0.39, 0.29) is 16.8 Å². The molecule has 2 aromatic carbocycles. The lowest BCUT2D eigenvalue weighted by atomic mass is 9.94. The number of alkyl halides is 1. The molecule has 1 unspecified atom stereocenters. The first-order chi connectivity index (χ1) is 9.58. The topological polar surface area (TPSA) is 0 Å². The first-order valence-corrected chi connectivity index (χ1v) is 7.82. The highest BCUT2D eigenvalue weighted by Gasteiger charge is 2.11. The summed E-state index contributed by atoms with van der Waals surface area (Å²) in [5.41, 5.74) is 1.84. The molecular formula is C16H14BrClF2. The fourth-order valence-corrected chi connectivity index (χ4v) is 2.75. The first kappa shape index (κ1) is 15.5. The molecule has 0 spiro atoms. The summed E-state index contributed by atoms with van der Waals surface area (Å²) in [6.07, 6.45) is 1.46. The summed E-state index contributed by atoms with van der Waals surface area (Å²) in [7, 11) is 0. The standard InChI is InChI=1S/C16H14BrClF2/c17-10-13(6-11-2-1-3-14(19)8-11)7-12-4-5-15(18)16(20)9-12/h1-5,8-9,13H,6-7,10H2. The minimum Gasteiger partial charge on any atom is -0.207 e. The second-order valence-electron chi connectivity index (χ2n) is 4.81. The summed E-state index contributed by atoms with van der Waals surface area (Å²) in [5, 5.41) is 0.905. The predicted molar refractivity (Wildman–Crippen MR) is 82.5 cm³/mol. The van der Waals surface area contributed by atoms with Gasteiger partial charge in [-0.3, -0.25) is 0 Å². The highest BCUT2D eigenvalue weighted by molar-refractivity contribution is 9.09. The fraction of sp³-hybridized carbons (Fsp3) is 0.250. The summed E-state index contributed by atoms with van der Waals surface area (Å²) in [4.78, 5) is 0. The number of benzene rings is 2. The maximum absolute atomic E-state index is 13.4. The number of rotatable bonds is 5. The maximum atomic E-state index is 13.4. The van der Waals surface area contributed by atoms with Crippen LogP contribution < -0.4 is 0 Å². The van der Waals surface area contributed by atoms with E-state index in [0.29, 0.717) is 0 Å². The molecule has 0 fully saturated rings. The Morgan fingerprint density at radius 2 is 1.70 bits per heavy atom. The lowest BCUT2D eigenvalue weighted by Crippen LogP contribution is -2.10. The molecule has 0 amide bonds. The van der Waals surface area contributed by atoms with E-state index in [1.165, 1.54) is 18.2 Å².